The Kier molecular flexibility index (Phi) is 6.15. The number of hydrazine groups is 1. The number of carbonyl (C=O) groups is 2. The Morgan fingerprint density at radius 1 is 0.750 bits per heavy atom. The molecule has 2 N–H and O–H groups in total. The first kappa shape index (κ1) is 21.8. The Morgan fingerprint density at radius 2 is 1.18 bits per heavy atom. The van der Waals surface area contributed by atoms with Crippen molar-refractivity contribution in [2.45, 2.75) is 12.4 Å². The summed E-state index contributed by atoms with van der Waals surface area (Å²) in [5.74, 6) is -2.43. The van der Waals surface area contributed by atoms with Crippen molar-refractivity contribution in [1.82, 2.24) is 10.9 Å². The lowest BCUT2D eigenvalue weighted by Crippen LogP contribution is -2.42. The van der Waals surface area contributed by atoms with Crippen molar-refractivity contribution < 1.29 is 35.9 Å². The summed E-state index contributed by atoms with van der Waals surface area (Å²) in [6.45, 7) is 0. The van der Waals surface area contributed by atoms with Crippen LogP contribution in [0.25, 0.3) is 0 Å². The molecular weight excluding hydrogens is 437 g/mol. The molecule has 0 aliphatic heterocycles. The molecule has 0 spiro atoms. The number of halogens is 8. The van der Waals surface area contributed by atoms with Crippen LogP contribution in [0.2, 0.25) is 10.0 Å². The highest BCUT2D eigenvalue weighted by atomic mass is 35.5. The molecule has 0 aliphatic rings. The molecule has 28 heavy (non-hydrogen) atoms. The number of carbonyl (C=O) groups excluding carboxylic acids is 2. The molecule has 0 atom stereocenters. The molecule has 0 radical (unpaired) electrons. The van der Waals surface area contributed by atoms with Gasteiger partial charge in [-0.15, -0.1) is 0 Å². The maximum atomic E-state index is 12.8. The number of alkyl halides is 6. The van der Waals surface area contributed by atoms with Crippen LogP contribution in [0.4, 0.5) is 26.3 Å². The first-order valence-electron chi connectivity index (χ1n) is 7.15. The zero-order chi connectivity index (χ0) is 21.3. The summed E-state index contributed by atoms with van der Waals surface area (Å²) in [6, 6.07) is 4.37. The fourth-order valence-electron chi connectivity index (χ4n) is 2.05. The molecule has 12 heteroatoms. The van der Waals surface area contributed by atoms with Crippen molar-refractivity contribution >= 4 is 35.0 Å². The van der Waals surface area contributed by atoms with Crippen LogP contribution in [0.15, 0.2) is 36.4 Å². The highest BCUT2D eigenvalue weighted by Crippen LogP contribution is 2.36. The van der Waals surface area contributed by atoms with Crippen LogP contribution in [0.3, 0.4) is 0 Å². The molecule has 2 aromatic carbocycles. The van der Waals surface area contributed by atoms with Crippen molar-refractivity contribution in [2.24, 2.45) is 0 Å². The van der Waals surface area contributed by atoms with Crippen LogP contribution in [-0.2, 0) is 12.4 Å². The largest absolute Gasteiger partial charge is 0.416 e. The van der Waals surface area contributed by atoms with Crippen molar-refractivity contribution in [3.8, 4) is 0 Å². The van der Waals surface area contributed by atoms with Gasteiger partial charge in [0.1, 0.15) is 0 Å². The van der Waals surface area contributed by atoms with E-state index in [1.165, 1.54) is 18.2 Å². The molecule has 0 bridgehead atoms. The van der Waals surface area contributed by atoms with Gasteiger partial charge in [-0.05, 0) is 30.3 Å². The van der Waals surface area contributed by atoms with E-state index in [-0.39, 0.29) is 33.8 Å². The van der Waals surface area contributed by atoms with Crippen molar-refractivity contribution in [1.29, 1.82) is 0 Å². The number of amides is 2. The van der Waals surface area contributed by atoms with Gasteiger partial charge in [-0.2, -0.15) is 26.3 Å². The van der Waals surface area contributed by atoms with E-state index in [0.717, 1.165) is 0 Å². The molecule has 0 heterocycles. The number of rotatable bonds is 2. The van der Waals surface area contributed by atoms with Gasteiger partial charge in [-0.3, -0.25) is 20.4 Å². The molecule has 0 aliphatic carbocycles. The average molecular weight is 445 g/mol. The fraction of sp³-hybridized carbons (Fsp3) is 0.125. The summed E-state index contributed by atoms with van der Waals surface area (Å²) in [5, 5.41) is -0.171. The van der Waals surface area contributed by atoms with E-state index in [9.17, 15) is 35.9 Å². The molecule has 0 fully saturated rings. The van der Waals surface area contributed by atoms with Gasteiger partial charge in [-0.1, -0.05) is 29.3 Å². The monoisotopic (exact) mass is 444 g/mol. The van der Waals surface area contributed by atoms with E-state index in [0.29, 0.717) is 0 Å². The second kappa shape index (κ2) is 7.88. The molecule has 0 aromatic heterocycles. The smallest absolute Gasteiger partial charge is 0.267 e. The van der Waals surface area contributed by atoms with Gasteiger partial charge < -0.3 is 0 Å². The summed E-state index contributed by atoms with van der Waals surface area (Å²) in [5.41, 5.74) is -1.01. The zero-order valence-electron chi connectivity index (χ0n) is 13.3. The van der Waals surface area contributed by atoms with Gasteiger partial charge in [0.25, 0.3) is 11.8 Å². The molecular formula is C16H8Cl2F6N2O2. The number of nitrogens with one attached hydrogen (secondary N) is 2. The van der Waals surface area contributed by atoms with Crippen molar-refractivity contribution in [3.05, 3.63) is 68.7 Å². The molecule has 150 valence electrons. The number of hydrogen-bond acceptors (Lipinski definition) is 2. The summed E-state index contributed by atoms with van der Waals surface area (Å²) in [7, 11) is 0. The second-order valence-electron chi connectivity index (χ2n) is 5.30. The van der Waals surface area contributed by atoms with E-state index in [1.807, 2.05) is 5.43 Å². The average Bonchev–Trinajstić information content (AvgIpc) is 2.57. The minimum absolute atomic E-state index is 0.0855. The third-order valence-electron chi connectivity index (χ3n) is 3.33. The minimum atomic E-state index is -5.12. The predicted octanol–water partition coefficient (Wildman–Crippen LogP) is 5.11. The summed E-state index contributed by atoms with van der Waals surface area (Å²) in [4.78, 5) is 24.0. The van der Waals surface area contributed by atoms with Crippen LogP contribution in [0.5, 0.6) is 0 Å². The topological polar surface area (TPSA) is 58.2 Å². The predicted molar refractivity (Wildman–Crippen MR) is 87.8 cm³/mol. The molecule has 0 saturated carbocycles. The maximum absolute atomic E-state index is 12.8. The highest BCUT2D eigenvalue weighted by Gasteiger charge is 2.37. The van der Waals surface area contributed by atoms with Gasteiger partial charge in [-0.25, -0.2) is 0 Å². The van der Waals surface area contributed by atoms with E-state index in [1.54, 1.807) is 5.43 Å². The summed E-state index contributed by atoms with van der Waals surface area (Å²) < 4.78 is 77.0. The summed E-state index contributed by atoms with van der Waals surface area (Å²) >= 11 is 11.6. The van der Waals surface area contributed by atoms with Gasteiger partial charge in [0.2, 0.25) is 0 Å². The Hall–Kier alpha value is -2.46. The number of hydrogen-bond donors (Lipinski definition) is 2. The van der Waals surface area contributed by atoms with E-state index in [4.69, 9.17) is 23.2 Å². The van der Waals surface area contributed by atoms with Gasteiger partial charge in [0.05, 0.1) is 26.7 Å². The normalized spacial score (nSPS) is 11.9. The lowest BCUT2D eigenvalue weighted by molar-refractivity contribution is -0.143. The lowest BCUT2D eigenvalue weighted by atomic mass is 10.0. The molecule has 2 aromatic rings. The van der Waals surface area contributed by atoms with E-state index in [2.05, 4.69) is 0 Å². The molecule has 0 unspecified atom stereocenters. The SMILES string of the molecule is O=C(NNC(=O)c1c(Cl)cccc1Cl)c1cc(C(F)(F)F)cc(C(F)(F)F)c1. The van der Waals surface area contributed by atoms with Gasteiger partial charge >= 0.3 is 12.4 Å². The van der Waals surface area contributed by atoms with E-state index < -0.39 is 40.9 Å². The van der Waals surface area contributed by atoms with Crippen LogP contribution in [0.1, 0.15) is 31.8 Å². The minimum Gasteiger partial charge on any atom is -0.267 e. The first-order chi connectivity index (χ1) is 12.8. The fourth-order valence-corrected chi connectivity index (χ4v) is 2.62. The van der Waals surface area contributed by atoms with Crippen LogP contribution >= 0.6 is 23.2 Å². The van der Waals surface area contributed by atoms with Gasteiger partial charge in [0.15, 0.2) is 0 Å². The van der Waals surface area contributed by atoms with Crippen LogP contribution in [0, 0.1) is 0 Å². The Balaban J connectivity index is 2.28. The van der Waals surface area contributed by atoms with E-state index >= 15 is 0 Å². The molecule has 4 nitrogen and oxygen atoms in total. The third kappa shape index (κ3) is 5.08. The lowest BCUT2D eigenvalue weighted by Gasteiger charge is -2.14. The Labute approximate surface area is 163 Å². The first-order valence-corrected chi connectivity index (χ1v) is 7.90. The third-order valence-corrected chi connectivity index (χ3v) is 3.96. The molecule has 2 amide bonds. The quantitative estimate of drug-likeness (QED) is 0.499. The summed E-state index contributed by atoms with van der Waals surface area (Å²) in [6.07, 6.45) is -10.2. The van der Waals surface area contributed by atoms with Gasteiger partial charge in [0, 0.05) is 5.56 Å². The van der Waals surface area contributed by atoms with Crippen LogP contribution in [-0.4, -0.2) is 11.8 Å². The molecule has 2 rings (SSSR count). The standard InChI is InChI=1S/C16H8Cl2F6N2O2/c17-10-2-1-3-11(18)12(10)14(28)26-25-13(27)7-4-8(15(19,20)21)6-9(5-7)16(22,23)24/h1-6H,(H,25,27)(H,26,28). The Bertz CT molecular complexity index is 876. The highest BCUT2D eigenvalue weighted by molar-refractivity contribution is 6.39. The second-order valence-corrected chi connectivity index (χ2v) is 6.11. The van der Waals surface area contributed by atoms with Crippen molar-refractivity contribution in [3.63, 3.8) is 0 Å². The number of benzene rings is 2. The molecule has 0 saturated heterocycles. The van der Waals surface area contributed by atoms with Crippen molar-refractivity contribution in [2.75, 3.05) is 0 Å². The van der Waals surface area contributed by atoms with Crippen LogP contribution < -0.4 is 10.9 Å². The zero-order valence-corrected chi connectivity index (χ0v) is 14.8. The maximum Gasteiger partial charge on any atom is 0.416 e. The Morgan fingerprint density at radius 3 is 1.61 bits per heavy atom.